The van der Waals surface area contributed by atoms with E-state index in [4.69, 9.17) is 15.6 Å². The topological polar surface area (TPSA) is 130 Å². The third-order valence-electron chi connectivity index (χ3n) is 4.41. The largest absolute Gasteiger partial charge is 0.483 e. The Kier molecular flexibility index (Phi) is 6.04. The van der Waals surface area contributed by atoms with Crippen LogP contribution < -0.4 is 10.6 Å². The van der Waals surface area contributed by atoms with Crippen LogP contribution in [0.1, 0.15) is 16.1 Å². The zero-order valence-corrected chi connectivity index (χ0v) is 16.2. The van der Waals surface area contributed by atoms with Crippen molar-refractivity contribution in [3.05, 3.63) is 28.6 Å². The van der Waals surface area contributed by atoms with Crippen LogP contribution in [0.4, 0.5) is 11.8 Å². The number of amides is 1. The fourth-order valence-electron chi connectivity index (χ4n) is 3.05. The zero-order valence-electron chi connectivity index (χ0n) is 15.4. The molecule has 3 aromatic heterocycles. The molecule has 4 rings (SSSR count). The average Bonchev–Trinajstić information content (AvgIpc) is 3.27. The first-order valence-electron chi connectivity index (χ1n) is 8.66. The number of rotatable bonds is 2. The lowest BCUT2D eigenvalue weighted by Crippen LogP contribution is -2.35. The van der Waals surface area contributed by atoms with Crippen LogP contribution in [0.5, 0.6) is 0 Å². The van der Waals surface area contributed by atoms with E-state index in [9.17, 15) is 4.79 Å². The molecule has 0 unspecified atom stereocenters. The van der Waals surface area contributed by atoms with E-state index in [1.54, 1.807) is 10.9 Å². The Hall–Kier alpha value is -3.21. The second-order valence-corrected chi connectivity index (χ2v) is 7.08. The van der Waals surface area contributed by atoms with E-state index in [0.29, 0.717) is 24.9 Å². The van der Waals surface area contributed by atoms with E-state index >= 15 is 0 Å². The fourth-order valence-corrected chi connectivity index (χ4v) is 3.74. The number of hydrogen-bond donors (Lipinski definition) is 2. The number of anilines is 2. The molecule has 11 heteroatoms. The Morgan fingerprint density at radius 2 is 2.07 bits per heavy atom. The molecule has 148 valence electrons. The molecule has 0 radical (unpaired) electrons. The van der Waals surface area contributed by atoms with Gasteiger partial charge in [-0.15, -0.1) is 11.3 Å². The SMILES string of the molecule is Cn1ncc2c(N)nc(N3CCCN(C(=O)c4cccs4)CC3)nc21.O=CO. The Bertz CT molecular complexity index is 957. The molecule has 1 amide bonds. The van der Waals surface area contributed by atoms with Crippen molar-refractivity contribution in [2.45, 2.75) is 6.42 Å². The number of fused-ring (bicyclic) bond motifs is 1. The zero-order chi connectivity index (χ0) is 20.1. The Morgan fingerprint density at radius 3 is 2.79 bits per heavy atom. The summed E-state index contributed by atoms with van der Waals surface area (Å²) in [6.07, 6.45) is 2.54. The number of aryl methyl sites for hydroxylation is 1. The van der Waals surface area contributed by atoms with Crippen molar-refractivity contribution in [2.75, 3.05) is 36.8 Å². The van der Waals surface area contributed by atoms with Crippen molar-refractivity contribution in [3.63, 3.8) is 0 Å². The quantitative estimate of drug-likeness (QED) is 0.608. The predicted molar refractivity (Wildman–Crippen MR) is 106 cm³/mol. The minimum atomic E-state index is -0.250. The third kappa shape index (κ3) is 4.03. The molecule has 0 spiro atoms. The minimum Gasteiger partial charge on any atom is -0.483 e. The summed E-state index contributed by atoms with van der Waals surface area (Å²) in [5.41, 5.74) is 6.78. The molecule has 28 heavy (non-hydrogen) atoms. The van der Waals surface area contributed by atoms with Gasteiger partial charge in [-0.05, 0) is 17.9 Å². The summed E-state index contributed by atoms with van der Waals surface area (Å²) >= 11 is 1.48. The Labute approximate surface area is 165 Å². The van der Waals surface area contributed by atoms with Gasteiger partial charge in [0.25, 0.3) is 12.4 Å². The number of hydrogen-bond acceptors (Lipinski definition) is 8. The molecular formula is C17H21N7O3S. The molecule has 1 aliphatic heterocycles. The number of aromatic nitrogens is 4. The highest BCUT2D eigenvalue weighted by molar-refractivity contribution is 7.12. The predicted octanol–water partition coefficient (Wildman–Crippen LogP) is 1.06. The van der Waals surface area contributed by atoms with Crippen LogP contribution in [0.25, 0.3) is 11.0 Å². The van der Waals surface area contributed by atoms with Gasteiger partial charge in [0.05, 0.1) is 16.5 Å². The van der Waals surface area contributed by atoms with Gasteiger partial charge in [-0.3, -0.25) is 14.3 Å². The molecule has 10 nitrogen and oxygen atoms in total. The first-order valence-corrected chi connectivity index (χ1v) is 9.54. The van der Waals surface area contributed by atoms with Gasteiger partial charge in [-0.25, -0.2) is 0 Å². The van der Waals surface area contributed by atoms with E-state index in [1.807, 2.05) is 29.5 Å². The lowest BCUT2D eigenvalue weighted by Gasteiger charge is -2.22. The maximum absolute atomic E-state index is 12.6. The Morgan fingerprint density at radius 1 is 1.29 bits per heavy atom. The van der Waals surface area contributed by atoms with Crippen LogP contribution in [0.2, 0.25) is 0 Å². The second kappa shape index (κ2) is 8.65. The van der Waals surface area contributed by atoms with E-state index in [-0.39, 0.29) is 12.4 Å². The van der Waals surface area contributed by atoms with Gasteiger partial charge in [-0.2, -0.15) is 15.1 Å². The summed E-state index contributed by atoms with van der Waals surface area (Å²) in [6.45, 7) is 2.59. The standard InChI is InChI=1S/C16H19N7OS.CH2O2/c1-21-14-11(10-18-21)13(17)19-16(20-14)23-6-3-5-22(7-8-23)15(24)12-4-2-9-25-12;2-1-3/h2,4,9-10H,3,5-8H2,1H3,(H2,17,19,20);1H,(H,2,3). The summed E-state index contributed by atoms with van der Waals surface area (Å²) in [7, 11) is 1.84. The highest BCUT2D eigenvalue weighted by Crippen LogP contribution is 2.22. The van der Waals surface area contributed by atoms with Crippen LogP contribution in [-0.2, 0) is 11.8 Å². The van der Waals surface area contributed by atoms with Gasteiger partial charge >= 0.3 is 0 Å². The molecule has 0 aliphatic carbocycles. The molecular weight excluding hydrogens is 382 g/mol. The normalized spacial score (nSPS) is 14.3. The lowest BCUT2D eigenvalue weighted by atomic mass is 10.3. The second-order valence-electron chi connectivity index (χ2n) is 6.13. The molecule has 1 aliphatic rings. The number of carboxylic acid groups (broad SMARTS) is 1. The van der Waals surface area contributed by atoms with Crippen molar-refractivity contribution < 1.29 is 14.7 Å². The first kappa shape index (κ1) is 19.5. The Balaban J connectivity index is 0.000000706. The van der Waals surface area contributed by atoms with E-state index in [0.717, 1.165) is 35.4 Å². The molecule has 1 saturated heterocycles. The first-order chi connectivity index (χ1) is 13.5. The summed E-state index contributed by atoms with van der Waals surface area (Å²) in [5.74, 6) is 1.13. The van der Waals surface area contributed by atoms with Crippen molar-refractivity contribution in [1.29, 1.82) is 0 Å². The van der Waals surface area contributed by atoms with Gasteiger partial charge in [0.2, 0.25) is 5.95 Å². The number of nitrogens with two attached hydrogens (primary N) is 1. The summed E-state index contributed by atoms with van der Waals surface area (Å²) in [6, 6.07) is 3.78. The molecule has 0 aromatic carbocycles. The van der Waals surface area contributed by atoms with Crippen LogP contribution in [0.15, 0.2) is 23.7 Å². The lowest BCUT2D eigenvalue weighted by molar-refractivity contribution is -0.122. The van der Waals surface area contributed by atoms with Crippen LogP contribution >= 0.6 is 11.3 Å². The molecule has 1 fully saturated rings. The highest BCUT2D eigenvalue weighted by Gasteiger charge is 2.23. The fraction of sp³-hybridized carbons (Fsp3) is 0.353. The van der Waals surface area contributed by atoms with E-state index in [2.05, 4.69) is 20.0 Å². The summed E-state index contributed by atoms with van der Waals surface area (Å²) in [5, 5.41) is 13.8. The van der Waals surface area contributed by atoms with Crippen LogP contribution in [0.3, 0.4) is 0 Å². The highest BCUT2D eigenvalue weighted by atomic mass is 32.1. The van der Waals surface area contributed by atoms with Crippen molar-refractivity contribution in [1.82, 2.24) is 24.6 Å². The smallest absolute Gasteiger partial charge is 0.290 e. The number of carbonyl (C=O) groups is 2. The summed E-state index contributed by atoms with van der Waals surface area (Å²) < 4.78 is 1.70. The van der Waals surface area contributed by atoms with Gasteiger partial charge in [0.1, 0.15) is 5.82 Å². The molecule has 0 atom stereocenters. The van der Waals surface area contributed by atoms with Crippen molar-refractivity contribution in [2.24, 2.45) is 7.05 Å². The van der Waals surface area contributed by atoms with Gasteiger partial charge < -0.3 is 20.6 Å². The van der Waals surface area contributed by atoms with E-state index in [1.165, 1.54) is 11.3 Å². The number of thiophene rings is 1. The molecule has 3 N–H and O–H groups in total. The molecule has 3 aromatic rings. The summed E-state index contributed by atoms with van der Waals surface area (Å²) in [4.78, 5) is 34.7. The average molecular weight is 403 g/mol. The van der Waals surface area contributed by atoms with Crippen molar-refractivity contribution >= 4 is 46.5 Å². The number of nitrogens with zero attached hydrogens (tertiary/aromatic N) is 6. The number of nitrogen functional groups attached to an aromatic ring is 1. The van der Waals surface area contributed by atoms with Gasteiger partial charge in [0, 0.05) is 33.2 Å². The minimum absolute atomic E-state index is 0.0966. The third-order valence-corrected chi connectivity index (χ3v) is 5.27. The maximum Gasteiger partial charge on any atom is 0.290 e. The molecule has 0 bridgehead atoms. The van der Waals surface area contributed by atoms with Gasteiger partial charge in [-0.1, -0.05) is 6.07 Å². The molecule has 0 saturated carbocycles. The monoisotopic (exact) mass is 403 g/mol. The van der Waals surface area contributed by atoms with Crippen LogP contribution in [0, 0.1) is 0 Å². The van der Waals surface area contributed by atoms with Crippen molar-refractivity contribution in [3.8, 4) is 0 Å². The van der Waals surface area contributed by atoms with Gasteiger partial charge in [0.15, 0.2) is 5.65 Å². The van der Waals surface area contributed by atoms with E-state index < -0.39 is 0 Å². The molecule has 4 heterocycles. The maximum atomic E-state index is 12.6. The number of carbonyl (C=O) groups excluding carboxylic acids is 1. The van der Waals surface area contributed by atoms with Crippen LogP contribution in [-0.4, -0.2) is 68.3 Å².